The number of carbonyl (C=O) groups excluding carboxylic acids is 1. The van der Waals surface area contributed by atoms with Crippen molar-refractivity contribution in [3.05, 3.63) is 127 Å². The SMILES string of the molecule is O=C(CSc1nnc(CNc2ccccc2)n1-c1ccccc1)N/N=C/c1c2ccccc2cc2ccccc12. The van der Waals surface area contributed by atoms with Crippen molar-refractivity contribution in [2.75, 3.05) is 11.1 Å². The predicted molar refractivity (Wildman–Crippen MR) is 163 cm³/mol. The summed E-state index contributed by atoms with van der Waals surface area (Å²) in [5, 5.41) is 21.6. The second-order valence-corrected chi connectivity index (χ2v) is 10.0. The van der Waals surface area contributed by atoms with Crippen LogP contribution in [0, 0.1) is 0 Å². The fraction of sp³-hybridized carbons (Fsp3) is 0.0625. The molecule has 6 aromatic rings. The van der Waals surface area contributed by atoms with Gasteiger partial charge in [0.2, 0.25) is 0 Å². The maximum absolute atomic E-state index is 12.8. The number of thioether (sulfide) groups is 1. The summed E-state index contributed by atoms with van der Waals surface area (Å²) in [6.45, 7) is 0.488. The molecule has 0 saturated carbocycles. The number of para-hydroxylation sites is 2. The summed E-state index contributed by atoms with van der Waals surface area (Å²) < 4.78 is 1.97. The van der Waals surface area contributed by atoms with Crippen LogP contribution in [0.4, 0.5) is 5.69 Å². The zero-order chi connectivity index (χ0) is 27.1. The molecule has 0 bridgehead atoms. The molecule has 0 aliphatic rings. The van der Waals surface area contributed by atoms with Gasteiger partial charge in [-0.15, -0.1) is 10.2 Å². The number of carbonyl (C=O) groups is 1. The number of nitrogens with one attached hydrogen (secondary N) is 2. The second-order valence-electron chi connectivity index (χ2n) is 9.10. The van der Waals surface area contributed by atoms with Gasteiger partial charge >= 0.3 is 0 Å². The number of hydrogen-bond acceptors (Lipinski definition) is 6. The fourth-order valence-corrected chi connectivity index (χ4v) is 5.36. The highest BCUT2D eigenvalue weighted by molar-refractivity contribution is 7.99. The Hall–Kier alpha value is -4.95. The van der Waals surface area contributed by atoms with E-state index in [0.717, 1.165) is 44.3 Å². The lowest BCUT2D eigenvalue weighted by atomic mass is 9.97. The van der Waals surface area contributed by atoms with Gasteiger partial charge in [-0.25, -0.2) is 5.43 Å². The molecule has 0 spiro atoms. The molecule has 2 N–H and O–H groups in total. The Bertz CT molecular complexity index is 1750. The number of aromatic nitrogens is 3. The van der Waals surface area contributed by atoms with E-state index in [9.17, 15) is 4.79 Å². The number of fused-ring (bicyclic) bond motifs is 2. The van der Waals surface area contributed by atoms with Crippen LogP contribution in [0.1, 0.15) is 11.4 Å². The van der Waals surface area contributed by atoms with E-state index in [4.69, 9.17) is 0 Å². The van der Waals surface area contributed by atoms with E-state index < -0.39 is 0 Å². The van der Waals surface area contributed by atoms with Crippen LogP contribution in [-0.4, -0.2) is 32.6 Å². The van der Waals surface area contributed by atoms with Crippen LogP contribution in [0.2, 0.25) is 0 Å². The second kappa shape index (κ2) is 11.8. The molecule has 0 aliphatic heterocycles. The summed E-state index contributed by atoms with van der Waals surface area (Å²) in [6, 6.07) is 38.4. The highest BCUT2D eigenvalue weighted by Crippen LogP contribution is 2.27. The Kier molecular flexibility index (Phi) is 7.50. The molecule has 1 aromatic heterocycles. The van der Waals surface area contributed by atoms with Crippen molar-refractivity contribution in [1.82, 2.24) is 20.2 Å². The molecule has 0 atom stereocenters. The predicted octanol–water partition coefficient (Wildman–Crippen LogP) is 6.43. The third kappa shape index (κ3) is 5.57. The third-order valence-corrected chi connectivity index (χ3v) is 7.40. The van der Waals surface area contributed by atoms with Crippen molar-refractivity contribution >= 4 is 51.1 Å². The summed E-state index contributed by atoms with van der Waals surface area (Å²) in [4.78, 5) is 12.8. The van der Waals surface area contributed by atoms with E-state index in [-0.39, 0.29) is 11.7 Å². The van der Waals surface area contributed by atoms with E-state index in [1.807, 2.05) is 89.5 Å². The van der Waals surface area contributed by atoms with Crippen molar-refractivity contribution in [2.45, 2.75) is 11.7 Å². The van der Waals surface area contributed by atoms with Crippen LogP contribution in [0.15, 0.2) is 126 Å². The lowest BCUT2D eigenvalue weighted by Gasteiger charge is -2.11. The Labute approximate surface area is 236 Å². The molecular formula is C32H26N6OS. The number of benzene rings is 5. The molecule has 0 fully saturated rings. The van der Waals surface area contributed by atoms with Gasteiger partial charge in [0.1, 0.15) is 0 Å². The van der Waals surface area contributed by atoms with Crippen LogP contribution in [0.5, 0.6) is 0 Å². The van der Waals surface area contributed by atoms with Gasteiger partial charge in [0.05, 0.1) is 18.5 Å². The Morgan fingerprint density at radius 3 is 2.12 bits per heavy atom. The molecule has 1 amide bonds. The van der Waals surface area contributed by atoms with E-state index in [1.165, 1.54) is 11.8 Å². The van der Waals surface area contributed by atoms with Crippen LogP contribution in [0.25, 0.3) is 27.2 Å². The first kappa shape index (κ1) is 25.3. The smallest absolute Gasteiger partial charge is 0.250 e. The van der Waals surface area contributed by atoms with Crippen molar-refractivity contribution in [3.63, 3.8) is 0 Å². The monoisotopic (exact) mass is 542 g/mol. The maximum atomic E-state index is 12.8. The minimum atomic E-state index is -0.225. The molecule has 8 heteroatoms. The number of amides is 1. The molecule has 1 heterocycles. The first-order chi connectivity index (χ1) is 19.8. The molecule has 196 valence electrons. The highest BCUT2D eigenvalue weighted by Gasteiger charge is 2.16. The lowest BCUT2D eigenvalue weighted by molar-refractivity contribution is -0.118. The zero-order valence-electron chi connectivity index (χ0n) is 21.6. The van der Waals surface area contributed by atoms with Gasteiger partial charge in [0, 0.05) is 16.9 Å². The molecular weight excluding hydrogens is 516 g/mol. The normalized spacial score (nSPS) is 11.3. The van der Waals surface area contributed by atoms with Gasteiger partial charge in [-0.05, 0) is 51.9 Å². The summed E-state index contributed by atoms with van der Waals surface area (Å²) in [5.41, 5.74) is 5.58. The Morgan fingerprint density at radius 1 is 0.800 bits per heavy atom. The van der Waals surface area contributed by atoms with E-state index >= 15 is 0 Å². The zero-order valence-corrected chi connectivity index (χ0v) is 22.4. The highest BCUT2D eigenvalue weighted by atomic mass is 32.2. The van der Waals surface area contributed by atoms with Crippen LogP contribution in [-0.2, 0) is 11.3 Å². The standard InChI is InChI=1S/C32H26N6OS/c39-31(36-34-20-29-27-17-9-7-11-23(27)19-24-12-8-10-18-28(24)29)22-40-32-37-35-30(21-33-25-13-3-1-4-14-25)38(32)26-15-5-2-6-16-26/h1-20,33H,21-22H2,(H,36,39)/b34-20+. The number of nitrogens with zero attached hydrogens (tertiary/aromatic N) is 4. The van der Waals surface area contributed by atoms with Crippen LogP contribution >= 0.6 is 11.8 Å². The van der Waals surface area contributed by atoms with Crippen molar-refractivity contribution in [3.8, 4) is 5.69 Å². The molecule has 7 nitrogen and oxygen atoms in total. The minimum Gasteiger partial charge on any atom is -0.378 e. The summed E-state index contributed by atoms with van der Waals surface area (Å²) in [7, 11) is 0. The maximum Gasteiger partial charge on any atom is 0.250 e. The Morgan fingerprint density at radius 2 is 1.43 bits per heavy atom. The molecule has 5 aromatic carbocycles. The molecule has 0 saturated heterocycles. The fourth-order valence-electron chi connectivity index (χ4n) is 4.60. The molecule has 0 aliphatic carbocycles. The van der Waals surface area contributed by atoms with Gasteiger partial charge < -0.3 is 5.32 Å². The average Bonchev–Trinajstić information content (AvgIpc) is 3.42. The largest absolute Gasteiger partial charge is 0.378 e. The molecule has 40 heavy (non-hydrogen) atoms. The number of rotatable bonds is 9. The molecule has 0 radical (unpaired) electrons. The number of anilines is 1. The number of hydrazone groups is 1. The van der Waals surface area contributed by atoms with E-state index in [2.05, 4.69) is 56.4 Å². The number of hydrogen-bond donors (Lipinski definition) is 2. The van der Waals surface area contributed by atoms with Crippen molar-refractivity contribution < 1.29 is 4.79 Å². The quantitative estimate of drug-likeness (QED) is 0.0952. The Balaban J connectivity index is 1.17. The van der Waals surface area contributed by atoms with Gasteiger partial charge in [0.25, 0.3) is 5.91 Å². The topological polar surface area (TPSA) is 84.2 Å². The lowest BCUT2D eigenvalue weighted by Crippen LogP contribution is -2.20. The summed E-state index contributed by atoms with van der Waals surface area (Å²) in [6.07, 6.45) is 1.73. The first-order valence-electron chi connectivity index (χ1n) is 12.9. The van der Waals surface area contributed by atoms with Gasteiger partial charge in [0.15, 0.2) is 11.0 Å². The van der Waals surface area contributed by atoms with Gasteiger partial charge in [-0.3, -0.25) is 9.36 Å². The first-order valence-corrected chi connectivity index (χ1v) is 13.9. The van der Waals surface area contributed by atoms with Crippen molar-refractivity contribution in [2.24, 2.45) is 5.10 Å². The van der Waals surface area contributed by atoms with Gasteiger partial charge in [-0.2, -0.15) is 5.10 Å². The minimum absolute atomic E-state index is 0.144. The summed E-state index contributed by atoms with van der Waals surface area (Å²) >= 11 is 1.32. The molecule has 0 unspecified atom stereocenters. The van der Waals surface area contributed by atoms with Crippen LogP contribution in [0.3, 0.4) is 0 Å². The summed E-state index contributed by atoms with van der Waals surface area (Å²) in [5.74, 6) is 0.668. The van der Waals surface area contributed by atoms with E-state index in [0.29, 0.717) is 11.7 Å². The van der Waals surface area contributed by atoms with Crippen molar-refractivity contribution in [1.29, 1.82) is 0 Å². The van der Waals surface area contributed by atoms with Gasteiger partial charge in [-0.1, -0.05) is 96.7 Å². The average molecular weight is 543 g/mol. The van der Waals surface area contributed by atoms with Crippen LogP contribution < -0.4 is 10.7 Å². The molecule has 6 rings (SSSR count). The third-order valence-electron chi connectivity index (χ3n) is 6.47. The van der Waals surface area contributed by atoms with E-state index in [1.54, 1.807) is 6.21 Å².